The van der Waals surface area contributed by atoms with Crippen LogP contribution in [0, 0.1) is 5.41 Å². The molecule has 0 aliphatic heterocycles. The van der Waals surface area contributed by atoms with Gasteiger partial charge in [-0.3, -0.25) is 4.79 Å². The van der Waals surface area contributed by atoms with Crippen LogP contribution in [0.1, 0.15) is 33.3 Å². The Morgan fingerprint density at radius 2 is 2.05 bits per heavy atom. The number of carbonyl (C=O) groups is 1. The molecule has 1 atom stereocenters. The van der Waals surface area contributed by atoms with Crippen LogP contribution in [-0.2, 0) is 11.3 Å². The van der Waals surface area contributed by atoms with Crippen molar-refractivity contribution in [2.45, 2.75) is 40.3 Å². The topological polar surface area (TPSA) is 67.1 Å². The van der Waals surface area contributed by atoms with Crippen molar-refractivity contribution in [1.29, 1.82) is 0 Å². The largest absolute Gasteiger partial charge is 0.325 e. The van der Waals surface area contributed by atoms with E-state index in [1.807, 2.05) is 45.0 Å². The number of carbonyl (C=O) groups excluding carboxylic acids is 1. The molecule has 0 fully saturated rings. The van der Waals surface area contributed by atoms with Crippen LogP contribution >= 0.6 is 0 Å². The van der Waals surface area contributed by atoms with Gasteiger partial charge in [-0.15, -0.1) is 0 Å². The molecule has 4 N–H and O–H groups in total. The lowest BCUT2D eigenvalue weighted by atomic mass is 9.87. The minimum absolute atomic E-state index is 0.145. The van der Waals surface area contributed by atoms with Gasteiger partial charge in [-0.05, 0) is 29.7 Å². The average Bonchev–Trinajstić information content (AvgIpc) is 2.34. The highest BCUT2D eigenvalue weighted by Crippen LogP contribution is 2.19. The van der Waals surface area contributed by atoms with Gasteiger partial charge in [0.2, 0.25) is 5.91 Å². The molecule has 0 aliphatic carbocycles. The van der Waals surface area contributed by atoms with Gasteiger partial charge in [0.25, 0.3) is 0 Å². The Hall–Kier alpha value is -1.39. The molecule has 1 aromatic rings. The van der Waals surface area contributed by atoms with Crippen molar-refractivity contribution in [3.63, 3.8) is 0 Å². The maximum absolute atomic E-state index is 12.0. The van der Waals surface area contributed by atoms with E-state index < -0.39 is 6.04 Å². The summed E-state index contributed by atoms with van der Waals surface area (Å²) in [7, 11) is 0. The van der Waals surface area contributed by atoms with Gasteiger partial charge in [0.1, 0.15) is 0 Å². The fourth-order valence-corrected chi connectivity index (χ4v) is 1.64. The molecule has 1 aromatic carbocycles. The van der Waals surface area contributed by atoms with Crippen LogP contribution in [0.5, 0.6) is 0 Å². The second kappa shape index (κ2) is 6.68. The van der Waals surface area contributed by atoms with Crippen LogP contribution < -0.4 is 16.4 Å². The number of nitrogens with two attached hydrogens (primary N) is 1. The van der Waals surface area contributed by atoms with Crippen LogP contribution in [0.25, 0.3) is 0 Å². The number of rotatable bonds is 5. The van der Waals surface area contributed by atoms with Crippen molar-refractivity contribution in [2.24, 2.45) is 11.1 Å². The molecule has 1 amide bonds. The Bertz CT molecular complexity index is 424. The van der Waals surface area contributed by atoms with Crippen LogP contribution in [0.2, 0.25) is 0 Å². The Morgan fingerprint density at radius 3 is 2.63 bits per heavy atom. The first kappa shape index (κ1) is 15.7. The minimum atomic E-state index is -0.523. The van der Waals surface area contributed by atoms with Gasteiger partial charge in [-0.25, -0.2) is 0 Å². The summed E-state index contributed by atoms with van der Waals surface area (Å²) in [6.07, 6.45) is 0. The lowest BCUT2D eigenvalue weighted by Crippen LogP contribution is -2.45. The number of hydrogen-bond acceptors (Lipinski definition) is 3. The molecular weight excluding hydrogens is 238 g/mol. The van der Waals surface area contributed by atoms with Crippen LogP contribution in [0.4, 0.5) is 5.69 Å². The molecule has 0 aromatic heterocycles. The molecule has 0 saturated heterocycles. The summed E-state index contributed by atoms with van der Waals surface area (Å²) >= 11 is 0. The van der Waals surface area contributed by atoms with Crippen molar-refractivity contribution in [3.8, 4) is 0 Å². The first-order valence-corrected chi connectivity index (χ1v) is 6.70. The van der Waals surface area contributed by atoms with E-state index in [-0.39, 0.29) is 11.3 Å². The van der Waals surface area contributed by atoms with Gasteiger partial charge in [0, 0.05) is 12.2 Å². The van der Waals surface area contributed by atoms with E-state index in [1.54, 1.807) is 0 Å². The summed E-state index contributed by atoms with van der Waals surface area (Å²) in [4.78, 5) is 12.0. The SMILES string of the molecule is CCNCc1cccc(NC(=O)[C@@H](N)C(C)(C)C)c1. The number of amides is 1. The first-order valence-electron chi connectivity index (χ1n) is 6.70. The fourth-order valence-electron chi connectivity index (χ4n) is 1.64. The predicted molar refractivity (Wildman–Crippen MR) is 79.9 cm³/mol. The highest BCUT2D eigenvalue weighted by atomic mass is 16.2. The zero-order chi connectivity index (χ0) is 14.5. The van der Waals surface area contributed by atoms with Crippen LogP contribution in [-0.4, -0.2) is 18.5 Å². The smallest absolute Gasteiger partial charge is 0.241 e. The highest BCUT2D eigenvalue weighted by Gasteiger charge is 2.27. The molecule has 0 radical (unpaired) electrons. The molecule has 0 saturated carbocycles. The highest BCUT2D eigenvalue weighted by molar-refractivity contribution is 5.95. The summed E-state index contributed by atoms with van der Waals surface area (Å²) in [5, 5.41) is 6.13. The molecule has 106 valence electrons. The summed E-state index contributed by atoms with van der Waals surface area (Å²) in [5.41, 5.74) is 7.63. The third-order valence-corrected chi connectivity index (χ3v) is 2.99. The fraction of sp³-hybridized carbons (Fsp3) is 0.533. The number of hydrogen-bond donors (Lipinski definition) is 3. The quantitative estimate of drug-likeness (QED) is 0.762. The van der Waals surface area contributed by atoms with Gasteiger partial charge in [0.15, 0.2) is 0 Å². The van der Waals surface area contributed by atoms with Crippen molar-refractivity contribution in [3.05, 3.63) is 29.8 Å². The van der Waals surface area contributed by atoms with Gasteiger partial charge < -0.3 is 16.4 Å². The molecule has 0 bridgehead atoms. The van der Waals surface area contributed by atoms with Crippen molar-refractivity contribution in [1.82, 2.24) is 5.32 Å². The Morgan fingerprint density at radius 1 is 1.37 bits per heavy atom. The van der Waals surface area contributed by atoms with E-state index in [1.165, 1.54) is 0 Å². The summed E-state index contributed by atoms with van der Waals surface area (Å²) < 4.78 is 0. The molecule has 4 nitrogen and oxygen atoms in total. The Kier molecular flexibility index (Phi) is 5.51. The Labute approximate surface area is 115 Å². The third-order valence-electron chi connectivity index (χ3n) is 2.99. The molecule has 0 unspecified atom stereocenters. The van der Waals surface area contributed by atoms with E-state index in [9.17, 15) is 4.79 Å². The maximum Gasteiger partial charge on any atom is 0.241 e. The molecule has 0 heterocycles. The Balaban J connectivity index is 2.69. The molecule has 19 heavy (non-hydrogen) atoms. The first-order chi connectivity index (χ1) is 8.84. The van der Waals surface area contributed by atoms with Gasteiger partial charge in [-0.2, -0.15) is 0 Å². The van der Waals surface area contributed by atoms with Gasteiger partial charge >= 0.3 is 0 Å². The molecule has 4 heteroatoms. The molecule has 0 spiro atoms. The van der Waals surface area contributed by atoms with E-state index in [0.29, 0.717) is 0 Å². The van der Waals surface area contributed by atoms with E-state index in [2.05, 4.69) is 17.6 Å². The van der Waals surface area contributed by atoms with E-state index in [4.69, 9.17) is 5.73 Å². The summed E-state index contributed by atoms with van der Waals surface area (Å²) in [5.74, 6) is -0.145. The molecule has 1 rings (SSSR count). The predicted octanol–water partition coefficient (Wildman–Crippen LogP) is 2.11. The zero-order valence-corrected chi connectivity index (χ0v) is 12.3. The molecular formula is C15H25N3O. The normalized spacial score (nSPS) is 13.1. The number of anilines is 1. The van der Waals surface area contributed by atoms with Crippen molar-refractivity contribution >= 4 is 11.6 Å². The number of benzene rings is 1. The average molecular weight is 263 g/mol. The van der Waals surface area contributed by atoms with E-state index >= 15 is 0 Å². The lowest BCUT2D eigenvalue weighted by molar-refractivity contribution is -0.119. The van der Waals surface area contributed by atoms with E-state index in [0.717, 1.165) is 24.3 Å². The van der Waals surface area contributed by atoms with Crippen LogP contribution in [0.15, 0.2) is 24.3 Å². The number of nitrogens with one attached hydrogen (secondary N) is 2. The van der Waals surface area contributed by atoms with Crippen molar-refractivity contribution < 1.29 is 4.79 Å². The minimum Gasteiger partial charge on any atom is -0.325 e. The maximum atomic E-state index is 12.0. The van der Waals surface area contributed by atoms with Crippen molar-refractivity contribution in [2.75, 3.05) is 11.9 Å². The zero-order valence-electron chi connectivity index (χ0n) is 12.3. The summed E-state index contributed by atoms with van der Waals surface area (Å²) in [6, 6.07) is 7.29. The van der Waals surface area contributed by atoms with Crippen LogP contribution in [0.3, 0.4) is 0 Å². The lowest BCUT2D eigenvalue weighted by Gasteiger charge is -2.25. The standard InChI is InChI=1S/C15H25N3O/c1-5-17-10-11-7-6-8-12(9-11)18-14(19)13(16)15(2,3)4/h6-9,13,17H,5,10,16H2,1-4H3,(H,18,19)/t13-/m1/s1. The summed E-state index contributed by atoms with van der Waals surface area (Å²) in [6.45, 7) is 9.65. The molecule has 0 aliphatic rings. The van der Waals surface area contributed by atoms with Gasteiger partial charge in [-0.1, -0.05) is 39.8 Å². The second-order valence-corrected chi connectivity index (χ2v) is 5.81. The van der Waals surface area contributed by atoms with Gasteiger partial charge in [0.05, 0.1) is 6.04 Å². The second-order valence-electron chi connectivity index (χ2n) is 5.81. The monoisotopic (exact) mass is 263 g/mol. The third kappa shape index (κ3) is 5.01.